The molecule has 2 fully saturated rings. The van der Waals surface area contributed by atoms with Crippen LogP contribution in [0.2, 0.25) is 0 Å². The van der Waals surface area contributed by atoms with Gasteiger partial charge in [-0.25, -0.2) is 0 Å². The van der Waals surface area contributed by atoms with Crippen molar-refractivity contribution < 1.29 is 4.79 Å². The number of carbonyl (C=O) groups excluding carboxylic acids is 1. The van der Waals surface area contributed by atoms with E-state index in [4.69, 9.17) is 0 Å². The van der Waals surface area contributed by atoms with Gasteiger partial charge in [-0.1, -0.05) is 61.7 Å². The molecule has 2 aliphatic rings. The third-order valence-corrected chi connectivity index (χ3v) is 6.98. The largest absolute Gasteiger partial charge is 0.294 e. The van der Waals surface area contributed by atoms with Crippen molar-refractivity contribution in [2.45, 2.75) is 71.1 Å². The minimum atomic E-state index is 0.311. The summed E-state index contributed by atoms with van der Waals surface area (Å²) in [5, 5.41) is 0. The van der Waals surface area contributed by atoms with Gasteiger partial charge in [-0.2, -0.15) is 0 Å². The van der Waals surface area contributed by atoms with E-state index in [0.717, 1.165) is 17.0 Å². The van der Waals surface area contributed by atoms with E-state index in [0.29, 0.717) is 24.0 Å². The van der Waals surface area contributed by atoms with Gasteiger partial charge in [-0.15, -0.1) is 0 Å². The lowest BCUT2D eigenvalue weighted by atomic mass is 9.70. The summed E-state index contributed by atoms with van der Waals surface area (Å²) < 4.78 is 0. The molecular formula is C26H32O. The third-order valence-electron chi connectivity index (χ3n) is 6.98. The highest BCUT2D eigenvalue weighted by atomic mass is 16.1. The summed E-state index contributed by atoms with van der Waals surface area (Å²) in [5.74, 6) is 2.36. The van der Waals surface area contributed by atoms with E-state index in [-0.39, 0.29) is 0 Å². The summed E-state index contributed by atoms with van der Waals surface area (Å²) in [6, 6.07) is 15.3. The molecule has 0 bridgehead atoms. The fourth-order valence-corrected chi connectivity index (χ4v) is 4.47. The molecule has 1 atom stereocenters. The summed E-state index contributed by atoms with van der Waals surface area (Å²) in [7, 11) is 0. The van der Waals surface area contributed by atoms with Crippen LogP contribution >= 0.6 is 0 Å². The minimum Gasteiger partial charge on any atom is -0.294 e. The van der Waals surface area contributed by atoms with Crippen LogP contribution in [0.15, 0.2) is 42.5 Å². The van der Waals surface area contributed by atoms with Crippen LogP contribution in [0.25, 0.3) is 0 Å². The van der Waals surface area contributed by atoms with E-state index in [1.807, 2.05) is 12.1 Å². The highest BCUT2D eigenvalue weighted by Crippen LogP contribution is 2.42. The number of benzene rings is 2. The van der Waals surface area contributed by atoms with Crippen LogP contribution in [0, 0.1) is 25.7 Å². The molecule has 0 aromatic heterocycles. The van der Waals surface area contributed by atoms with Crippen LogP contribution in [0.4, 0.5) is 0 Å². The lowest BCUT2D eigenvalue weighted by molar-refractivity contribution is 0.0949. The maximum absolute atomic E-state index is 13.1. The average molecular weight is 361 g/mol. The molecule has 0 radical (unpaired) electrons. The van der Waals surface area contributed by atoms with Crippen LogP contribution in [0.5, 0.6) is 0 Å². The van der Waals surface area contributed by atoms with Crippen molar-refractivity contribution in [2.24, 2.45) is 11.8 Å². The highest BCUT2D eigenvalue weighted by Gasteiger charge is 2.31. The lowest BCUT2D eigenvalue weighted by Crippen LogP contribution is -2.23. The van der Waals surface area contributed by atoms with Crippen LogP contribution in [-0.2, 0) is 6.42 Å². The molecule has 2 aromatic rings. The van der Waals surface area contributed by atoms with E-state index in [9.17, 15) is 4.79 Å². The number of hydrogen-bond donors (Lipinski definition) is 0. The minimum absolute atomic E-state index is 0.311. The van der Waals surface area contributed by atoms with Gasteiger partial charge in [0.2, 0.25) is 0 Å². The fraction of sp³-hybridized carbons (Fsp3) is 0.500. The van der Waals surface area contributed by atoms with Crippen LogP contribution in [0.3, 0.4) is 0 Å². The Bertz CT molecular complexity index is 793. The van der Waals surface area contributed by atoms with E-state index in [2.05, 4.69) is 44.2 Å². The van der Waals surface area contributed by atoms with Gasteiger partial charge in [-0.05, 0) is 79.5 Å². The molecule has 2 aliphatic carbocycles. The van der Waals surface area contributed by atoms with Crippen molar-refractivity contribution in [3.05, 3.63) is 70.3 Å². The predicted octanol–water partition coefficient (Wildman–Crippen LogP) is 6.80. The summed E-state index contributed by atoms with van der Waals surface area (Å²) in [6.07, 6.45) is 9.93. The van der Waals surface area contributed by atoms with Gasteiger partial charge in [0.15, 0.2) is 5.78 Å². The van der Waals surface area contributed by atoms with Gasteiger partial charge in [0.25, 0.3) is 0 Å². The van der Waals surface area contributed by atoms with Crippen molar-refractivity contribution in [1.82, 2.24) is 0 Å². The number of aryl methyl sites for hydroxylation is 2. The van der Waals surface area contributed by atoms with Gasteiger partial charge in [-0.3, -0.25) is 4.79 Å². The second kappa shape index (κ2) is 8.00. The molecule has 0 unspecified atom stereocenters. The van der Waals surface area contributed by atoms with Crippen molar-refractivity contribution in [3.8, 4) is 0 Å². The number of hydrogen-bond acceptors (Lipinski definition) is 1. The van der Waals surface area contributed by atoms with Crippen molar-refractivity contribution in [3.63, 3.8) is 0 Å². The highest BCUT2D eigenvalue weighted by molar-refractivity contribution is 5.98. The Balaban J connectivity index is 1.49. The topological polar surface area (TPSA) is 17.1 Å². The predicted molar refractivity (Wildman–Crippen MR) is 112 cm³/mol. The average Bonchev–Trinajstić information content (AvgIpc) is 3.45. The van der Waals surface area contributed by atoms with Crippen LogP contribution in [0.1, 0.15) is 83.5 Å². The summed E-state index contributed by atoms with van der Waals surface area (Å²) >= 11 is 0. The zero-order valence-electron chi connectivity index (χ0n) is 16.8. The van der Waals surface area contributed by atoms with Gasteiger partial charge in [0.05, 0.1) is 0 Å². The van der Waals surface area contributed by atoms with Gasteiger partial charge < -0.3 is 0 Å². The smallest absolute Gasteiger partial charge is 0.163 e. The molecule has 0 saturated heterocycles. The normalized spacial score (nSPS) is 18.1. The first-order valence-corrected chi connectivity index (χ1v) is 10.8. The summed E-state index contributed by atoms with van der Waals surface area (Å²) in [4.78, 5) is 13.1. The molecule has 2 saturated carbocycles. The standard InChI is InChI=1S/C26H32O/c1-18-5-3-8-24(19(18)2)26(27)17-25(22-6-4-7-22)23-15-13-21(14-16-23)12-11-20-9-10-20/h3,5,8,13-16,20,22,25H,4,6-7,9-12,17H2,1-2H3/t25-/m1/s1. The molecular weight excluding hydrogens is 328 g/mol. The first-order chi connectivity index (χ1) is 13.1. The molecule has 0 aliphatic heterocycles. The first kappa shape index (κ1) is 18.5. The molecule has 2 aromatic carbocycles. The van der Waals surface area contributed by atoms with E-state index in [1.165, 1.54) is 61.6 Å². The monoisotopic (exact) mass is 360 g/mol. The van der Waals surface area contributed by atoms with Crippen molar-refractivity contribution >= 4 is 5.78 Å². The maximum Gasteiger partial charge on any atom is 0.163 e. The fourth-order valence-electron chi connectivity index (χ4n) is 4.47. The second-order valence-electron chi connectivity index (χ2n) is 8.90. The molecule has 4 rings (SSSR count). The van der Waals surface area contributed by atoms with Gasteiger partial charge in [0.1, 0.15) is 0 Å². The molecule has 0 N–H and O–H groups in total. The van der Waals surface area contributed by atoms with E-state index < -0.39 is 0 Å². The van der Waals surface area contributed by atoms with E-state index in [1.54, 1.807) is 0 Å². The Morgan fingerprint density at radius 3 is 2.37 bits per heavy atom. The molecule has 0 amide bonds. The van der Waals surface area contributed by atoms with Gasteiger partial charge in [0, 0.05) is 12.0 Å². The lowest BCUT2D eigenvalue weighted by Gasteiger charge is -2.34. The number of ketones is 1. The third kappa shape index (κ3) is 4.34. The number of carbonyl (C=O) groups is 1. The Hall–Kier alpha value is -1.89. The van der Waals surface area contributed by atoms with Gasteiger partial charge >= 0.3 is 0 Å². The van der Waals surface area contributed by atoms with E-state index >= 15 is 0 Å². The number of Topliss-reactive ketones (excluding diaryl/α,β-unsaturated/α-hetero) is 1. The Morgan fingerprint density at radius 2 is 1.74 bits per heavy atom. The van der Waals surface area contributed by atoms with Crippen molar-refractivity contribution in [2.75, 3.05) is 0 Å². The summed E-state index contributed by atoms with van der Waals surface area (Å²) in [5.41, 5.74) is 6.10. The number of rotatable bonds is 8. The molecule has 27 heavy (non-hydrogen) atoms. The summed E-state index contributed by atoms with van der Waals surface area (Å²) in [6.45, 7) is 4.17. The van der Waals surface area contributed by atoms with Crippen molar-refractivity contribution in [1.29, 1.82) is 0 Å². The molecule has 1 nitrogen and oxygen atoms in total. The maximum atomic E-state index is 13.1. The molecule has 1 heteroatoms. The van der Waals surface area contributed by atoms with Crippen LogP contribution < -0.4 is 0 Å². The molecule has 0 spiro atoms. The SMILES string of the molecule is Cc1cccc(C(=O)C[C@@H](c2ccc(CCC3CC3)cc2)C2CCC2)c1C. The Morgan fingerprint density at radius 1 is 1.00 bits per heavy atom. The second-order valence-corrected chi connectivity index (χ2v) is 8.90. The quantitative estimate of drug-likeness (QED) is 0.473. The Labute approximate surface area is 164 Å². The zero-order valence-corrected chi connectivity index (χ0v) is 16.8. The molecule has 0 heterocycles. The molecule has 142 valence electrons. The first-order valence-electron chi connectivity index (χ1n) is 10.8. The zero-order chi connectivity index (χ0) is 18.8. The Kier molecular flexibility index (Phi) is 5.48. The van der Waals surface area contributed by atoms with Crippen LogP contribution in [-0.4, -0.2) is 5.78 Å².